The molecule has 15 heavy (non-hydrogen) atoms. The molecule has 1 aliphatic carbocycles. The van der Waals surface area contributed by atoms with Crippen LogP contribution in [0.3, 0.4) is 0 Å². The number of rotatable bonds is 2. The summed E-state index contributed by atoms with van der Waals surface area (Å²) in [5.41, 5.74) is 2.17. The third kappa shape index (κ3) is 2.15. The molecule has 0 aromatic heterocycles. The lowest BCUT2D eigenvalue weighted by Gasteiger charge is -2.10. The van der Waals surface area contributed by atoms with Crippen LogP contribution in [-0.4, -0.2) is 11.4 Å². The Kier molecular flexibility index (Phi) is 2.68. The molecule has 0 fully saturated rings. The second-order valence-electron chi connectivity index (χ2n) is 3.60. The van der Waals surface area contributed by atoms with Gasteiger partial charge in [0.25, 0.3) is 0 Å². The molecule has 1 aromatic carbocycles. The average Bonchev–Trinajstić information content (AvgIpc) is 2.30. The molecule has 0 radical (unpaired) electrons. The van der Waals surface area contributed by atoms with Crippen molar-refractivity contribution in [3.05, 3.63) is 48.1 Å². The van der Waals surface area contributed by atoms with Crippen molar-refractivity contribution in [1.82, 2.24) is 0 Å². The van der Waals surface area contributed by atoms with Gasteiger partial charge in [0, 0.05) is 5.92 Å². The van der Waals surface area contributed by atoms with Crippen LogP contribution in [0.1, 0.15) is 12.0 Å². The van der Waals surface area contributed by atoms with Gasteiger partial charge in [-0.25, -0.2) is 0 Å². The Morgan fingerprint density at radius 2 is 2.00 bits per heavy atom. The van der Waals surface area contributed by atoms with E-state index in [1.165, 1.54) is 0 Å². The van der Waals surface area contributed by atoms with Crippen molar-refractivity contribution in [3.63, 3.8) is 0 Å². The molecular formula is C13H12O2. The third-order valence-corrected chi connectivity index (χ3v) is 2.51. The molecule has 2 nitrogen and oxygen atoms in total. The maximum atomic E-state index is 10.5. The minimum Gasteiger partial charge on any atom is -0.508 e. The molecule has 1 N–H and O–H groups in total. The summed E-state index contributed by atoms with van der Waals surface area (Å²) in [4.78, 5) is 10.5. The lowest BCUT2D eigenvalue weighted by molar-refractivity contribution is -0.109. The number of hydrogen-bond acceptors (Lipinski definition) is 2. The maximum absolute atomic E-state index is 10.5. The van der Waals surface area contributed by atoms with Crippen LogP contribution >= 0.6 is 0 Å². The predicted octanol–water partition coefficient (Wildman–Crippen LogP) is 2.55. The second-order valence-corrected chi connectivity index (χ2v) is 3.60. The molecule has 0 amide bonds. The van der Waals surface area contributed by atoms with E-state index in [1.54, 1.807) is 12.1 Å². The predicted molar refractivity (Wildman–Crippen MR) is 59.4 cm³/mol. The lowest BCUT2D eigenvalue weighted by Crippen LogP contribution is -2.00. The summed E-state index contributed by atoms with van der Waals surface area (Å²) in [7, 11) is 0. The van der Waals surface area contributed by atoms with E-state index in [0.29, 0.717) is 0 Å². The van der Waals surface area contributed by atoms with Crippen LogP contribution in [0.5, 0.6) is 5.75 Å². The number of aromatic hydroxyl groups is 1. The number of aldehydes is 1. The van der Waals surface area contributed by atoms with Gasteiger partial charge in [-0.3, -0.25) is 0 Å². The summed E-state index contributed by atoms with van der Waals surface area (Å²) < 4.78 is 0. The Morgan fingerprint density at radius 1 is 1.27 bits per heavy atom. The van der Waals surface area contributed by atoms with Gasteiger partial charge in [-0.1, -0.05) is 30.4 Å². The fourth-order valence-electron chi connectivity index (χ4n) is 1.61. The van der Waals surface area contributed by atoms with Crippen molar-refractivity contribution in [3.8, 4) is 5.75 Å². The Labute approximate surface area is 88.6 Å². The van der Waals surface area contributed by atoms with E-state index in [1.807, 2.05) is 30.4 Å². The zero-order valence-electron chi connectivity index (χ0n) is 8.26. The summed E-state index contributed by atoms with van der Waals surface area (Å²) in [6.07, 6.45) is 7.63. The van der Waals surface area contributed by atoms with Crippen LogP contribution in [0.4, 0.5) is 0 Å². The Bertz CT molecular complexity index is 413. The SMILES string of the molecule is O=CC1C=CC(c2ccc(O)cc2)=CC1. The van der Waals surface area contributed by atoms with Gasteiger partial charge in [-0.05, 0) is 29.7 Å². The Hall–Kier alpha value is -1.83. The van der Waals surface area contributed by atoms with Crippen molar-refractivity contribution in [2.24, 2.45) is 5.92 Å². The smallest absolute Gasteiger partial charge is 0.127 e. The van der Waals surface area contributed by atoms with Crippen LogP contribution in [-0.2, 0) is 4.79 Å². The van der Waals surface area contributed by atoms with Crippen LogP contribution in [0.25, 0.3) is 5.57 Å². The number of carbonyl (C=O) groups is 1. The van der Waals surface area contributed by atoms with Gasteiger partial charge < -0.3 is 9.90 Å². The monoisotopic (exact) mass is 200 g/mol. The molecule has 1 atom stereocenters. The topological polar surface area (TPSA) is 37.3 Å². The Morgan fingerprint density at radius 3 is 2.53 bits per heavy atom. The molecule has 1 aliphatic rings. The van der Waals surface area contributed by atoms with E-state index < -0.39 is 0 Å². The van der Waals surface area contributed by atoms with Crippen molar-refractivity contribution >= 4 is 11.9 Å². The summed E-state index contributed by atoms with van der Waals surface area (Å²) in [5, 5.41) is 9.15. The van der Waals surface area contributed by atoms with Gasteiger partial charge in [-0.15, -0.1) is 0 Å². The fourth-order valence-corrected chi connectivity index (χ4v) is 1.61. The highest BCUT2D eigenvalue weighted by Gasteiger charge is 2.08. The zero-order valence-corrected chi connectivity index (χ0v) is 8.26. The number of allylic oxidation sites excluding steroid dienone is 4. The van der Waals surface area contributed by atoms with E-state index in [9.17, 15) is 4.79 Å². The number of phenolic OH excluding ortho intramolecular Hbond substituents is 1. The molecule has 0 heterocycles. The van der Waals surface area contributed by atoms with Crippen molar-refractivity contribution in [1.29, 1.82) is 0 Å². The Balaban J connectivity index is 2.20. The zero-order chi connectivity index (χ0) is 10.7. The van der Waals surface area contributed by atoms with Gasteiger partial charge in [0.05, 0.1) is 0 Å². The average molecular weight is 200 g/mol. The summed E-state index contributed by atoms with van der Waals surface area (Å²) in [6, 6.07) is 7.06. The molecule has 2 heteroatoms. The first kappa shape index (κ1) is 9.71. The van der Waals surface area contributed by atoms with Crippen molar-refractivity contribution < 1.29 is 9.90 Å². The van der Waals surface area contributed by atoms with Crippen LogP contribution in [0, 0.1) is 5.92 Å². The highest BCUT2D eigenvalue weighted by atomic mass is 16.3. The summed E-state index contributed by atoms with van der Waals surface area (Å²) in [6.45, 7) is 0. The first-order chi connectivity index (χ1) is 7.29. The quantitative estimate of drug-likeness (QED) is 0.745. The van der Waals surface area contributed by atoms with Crippen molar-refractivity contribution in [2.75, 3.05) is 0 Å². The van der Waals surface area contributed by atoms with E-state index in [0.717, 1.165) is 23.8 Å². The molecule has 1 aromatic rings. The molecule has 0 saturated heterocycles. The van der Waals surface area contributed by atoms with E-state index in [4.69, 9.17) is 5.11 Å². The number of carbonyl (C=O) groups excluding carboxylic acids is 1. The second kappa shape index (κ2) is 4.13. The molecule has 1 unspecified atom stereocenters. The number of hydrogen-bond donors (Lipinski definition) is 1. The lowest BCUT2D eigenvalue weighted by atomic mass is 9.94. The summed E-state index contributed by atoms with van der Waals surface area (Å²) in [5.74, 6) is 0.288. The first-order valence-corrected chi connectivity index (χ1v) is 4.92. The highest BCUT2D eigenvalue weighted by Crippen LogP contribution is 2.24. The van der Waals surface area contributed by atoms with Gasteiger partial charge in [0.1, 0.15) is 12.0 Å². The molecule has 76 valence electrons. The first-order valence-electron chi connectivity index (χ1n) is 4.92. The number of phenols is 1. The standard InChI is InChI=1S/C13H12O2/c14-9-10-1-3-11(4-2-10)12-5-7-13(15)8-6-12/h1,3-10,15H,2H2. The van der Waals surface area contributed by atoms with E-state index in [2.05, 4.69) is 0 Å². The molecule has 0 spiro atoms. The molecular weight excluding hydrogens is 188 g/mol. The minimum absolute atomic E-state index is 0.0193. The van der Waals surface area contributed by atoms with Crippen LogP contribution in [0.15, 0.2) is 42.5 Å². The molecule has 0 bridgehead atoms. The molecule has 2 rings (SSSR count). The highest BCUT2D eigenvalue weighted by molar-refractivity contribution is 5.77. The largest absolute Gasteiger partial charge is 0.508 e. The van der Waals surface area contributed by atoms with Crippen LogP contribution < -0.4 is 0 Å². The normalized spacial score (nSPS) is 19.7. The van der Waals surface area contributed by atoms with E-state index >= 15 is 0 Å². The van der Waals surface area contributed by atoms with Crippen molar-refractivity contribution in [2.45, 2.75) is 6.42 Å². The van der Waals surface area contributed by atoms with Crippen LogP contribution in [0.2, 0.25) is 0 Å². The molecule has 0 saturated carbocycles. The number of benzene rings is 1. The van der Waals surface area contributed by atoms with E-state index in [-0.39, 0.29) is 11.7 Å². The van der Waals surface area contributed by atoms with Gasteiger partial charge in [0.15, 0.2) is 0 Å². The third-order valence-electron chi connectivity index (χ3n) is 2.51. The fraction of sp³-hybridized carbons (Fsp3) is 0.154. The minimum atomic E-state index is 0.0193. The van der Waals surface area contributed by atoms with Gasteiger partial charge >= 0.3 is 0 Å². The van der Waals surface area contributed by atoms with Gasteiger partial charge in [-0.2, -0.15) is 0 Å². The maximum Gasteiger partial charge on any atom is 0.127 e. The molecule has 0 aliphatic heterocycles. The summed E-state index contributed by atoms with van der Waals surface area (Å²) >= 11 is 0. The van der Waals surface area contributed by atoms with Gasteiger partial charge in [0.2, 0.25) is 0 Å².